The molecule has 1 aromatic carbocycles. The number of anilines is 1. The molecule has 1 amide bonds. The van der Waals surface area contributed by atoms with Crippen LogP contribution in [0.2, 0.25) is 0 Å². The van der Waals surface area contributed by atoms with Crippen LogP contribution < -0.4 is 19.5 Å². The first-order valence-corrected chi connectivity index (χ1v) is 10.4. The number of benzene rings is 1. The van der Waals surface area contributed by atoms with Gasteiger partial charge in [-0.15, -0.1) is 0 Å². The summed E-state index contributed by atoms with van der Waals surface area (Å²) < 4.78 is 36.0. The number of carbonyl (C=O) groups excluding carboxylic acids is 1. The molecule has 1 aliphatic heterocycles. The second-order valence-corrected chi connectivity index (χ2v) is 8.01. The lowest BCUT2D eigenvalue weighted by Crippen LogP contribution is -2.40. The van der Waals surface area contributed by atoms with Crippen LogP contribution >= 0.6 is 0 Å². The largest absolute Gasteiger partial charge is 0.496 e. The zero-order valence-electron chi connectivity index (χ0n) is 15.7. The Morgan fingerprint density at radius 1 is 1.27 bits per heavy atom. The summed E-state index contributed by atoms with van der Waals surface area (Å²) in [5, 5.41) is 2.93. The lowest BCUT2D eigenvalue weighted by molar-refractivity contribution is 0.0938. The minimum atomic E-state index is -3.52. The van der Waals surface area contributed by atoms with Gasteiger partial charge in [0.05, 0.1) is 31.7 Å². The monoisotopic (exact) mass is 385 g/mol. The molecule has 2 rings (SSSR count). The van der Waals surface area contributed by atoms with Crippen LogP contribution in [0.3, 0.4) is 0 Å². The number of sulfonamides is 1. The highest BCUT2D eigenvalue weighted by Gasteiger charge is 2.24. The van der Waals surface area contributed by atoms with E-state index in [1.54, 1.807) is 0 Å². The highest BCUT2D eigenvalue weighted by molar-refractivity contribution is 7.92. The molecule has 2 N–H and O–H groups in total. The van der Waals surface area contributed by atoms with E-state index in [1.807, 2.05) is 0 Å². The van der Waals surface area contributed by atoms with Crippen molar-refractivity contribution in [1.29, 1.82) is 0 Å². The molecule has 0 saturated carbocycles. The van der Waals surface area contributed by atoms with Gasteiger partial charge in [0.1, 0.15) is 11.5 Å². The molecule has 0 radical (unpaired) electrons. The number of methoxy groups -OCH3 is 2. The zero-order chi connectivity index (χ0) is 19.3. The van der Waals surface area contributed by atoms with E-state index in [2.05, 4.69) is 21.9 Å². The number of nitrogens with zero attached hydrogens (tertiary/aromatic N) is 1. The second kappa shape index (κ2) is 8.59. The number of nitrogens with one attached hydrogen (secondary N) is 2. The zero-order valence-corrected chi connectivity index (χ0v) is 16.5. The predicted molar refractivity (Wildman–Crippen MR) is 101 cm³/mol. The van der Waals surface area contributed by atoms with Gasteiger partial charge in [0.25, 0.3) is 5.91 Å². The highest BCUT2D eigenvalue weighted by atomic mass is 32.2. The van der Waals surface area contributed by atoms with Gasteiger partial charge in [0.15, 0.2) is 0 Å². The molecule has 1 unspecified atom stereocenters. The standard InChI is InChI=1S/C17H27N3O5S/c1-5-20-8-6-7-12(20)11-18-17(21)13-9-14(19-26(4,22)23)16(25-3)10-15(13)24-2/h9-10,12,19H,5-8,11H2,1-4H3,(H,18,21). The van der Waals surface area contributed by atoms with Crippen molar-refractivity contribution >= 4 is 21.6 Å². The van der Waals surface area contributed by atoms with Gasteiger partial charge < -0.3 is 14.8 Å². The van der Waals surface area contributed by atoms with Crippen LogP contribution in [0.1, 0.15) is 30.1 Å². The number of likely N-dealkylation sites (N-methyl/N-ethyl adjacent to an activating group) is 1. The summed E-state index contributed by atoms with van der Waals surface area (Å²) in [5.74, 6) is 0.276. The van der Waals surface area contributed by atoms with Crippen LogP contribution in [-0.4, -0.2) is 65.4 Å². The average Bonchev–Trinajstić information content (AvgIpc) is 3.05. The fourth-order valence-corrected chi connectivity index (χ4v) is 3.76. The summed E-state index contributed by atoms with van der Waals surface area (Å²) in [6, 6.07) is 3.25. The summed E-state index contributed by atoms with van der Waals surface area (Å²) in [6.07, 6.45) is 3.22. The second-order valence-electron chi connectivity index (χ2n) is 6.26. The lowest BCUT2D eigenvalue weighted by atomic mass is 10.1. The van der Waals surface area contributed by atoms with E-state index in [0.29, 0.717) is 18.3 Å². The molecule has 0 aliphatic carbocycles. The normalized spacial score (nSPS) is 17.8. The molecule has 146 valence electrons. The molecule has 0 aromatic heterocycles. The van der Waals surface area contributed by atoms with Gasteiger partial charge in [-0.1, -0.05) is 6.92 Å². The summed E-state index contributed by atoms with van der Waals surface area (Å²) >= 11 is 0. The van der Waals surface area contributed by atoms with E-state index in [1.165, 1.54) is 26.4 Å². The van der Waals surface area contributed by atoms with Crippen molar-refractivity contribution in [3.05, 3.63) is 17.7 Å². The number of ether oxygens (including phenoxy) is 2. The lowest BCUT2D eigenvalue weighted by Gasteiger charge is -2.23. The third kappa shape index (κ3) is 5.01. The molecule has 1 atom stereocenters. The molecular weight excluding hydrogens is 358 g/mol. The van der Waals surface area contributed by atoms with Gasteiger partial charge in [-0.25, -0.2) is 8.42 Å². The molecule has 26 heavy (non-hydrogen) atoms. The number of rotatable bonds is 8. The first-order valence-electron chi connectivity index (χ1n) is 8.55. The molecule has 1 heterocycles. The summed E-state index contributed by atoms with van der Waals surface area (Å²) in [6.45, 7) is 4.65. The molecule has 1 aliphatic rings. The number of carbonyl (C=O) groups is 1. The maximum Gasteiger partial charge on any atom is 0.255 e. The predicted octanol–water partition coefficient (Wildman–Crippen LogP) is 1.29. The third-order valence-electron chi connectivity index (χ3n) is 4.47. The van der Waals surface area contributed by atoms with Crippen LogP contribution in [0.15, 0.2) is 12.1 Å². The van der Waals surface area contributed by atoms with E-state index < -0.39 is 10.0 Å². The number of hydrogen-bond donors (Lipinski definition) is 2. The van der Waals surface area contributed by atoms with Crippen molar-refractivity contribution in [2.75, 3.05) is 44.8 Å². The van der Waals surface area contributed by atoms with Gasteiger partial charge in [0, 0.05) is 18.7 Å². The van der Waals surface area contributed by atoms with E-state index in [4.69, 9.17) is 9.47 Å². The van der Waals surface area contributed by atoms with Crippen LogP contribution in [0, 0.1) is 0 Å². The van der Waals surface area contributed by atoms with Crippen molar-refractivity contribution in [1.82, 2.24) is 10.2 Å². The Labute approximate surface area is 154 Å². The van der Waals surface area contributed by atoms with E-state index >= 15 is 0 Å². The Morgan fingerprint density at radius 2 is 1.96 bits per heavy atom. The highest BCUT2D eigenvalue weighted by Crippen LogP contribution is 2.33. The van der Waals surface area contributed by atoms with Gasteiger partial charge in [-0.05, 0) is 32.0 Å². The van der Waals surface area contributed by atoms with Crippen molar-refractivity contribution in [2.45, 2.75) is 25.8 Å². The van der Waals surface area contributed by atoms with Crippen molar-refractivity contribution in [3.8, 4) is 11.5 Å². The van der Waals surface area contributed by atoms with E-state index in [9.17, 15) is 13.2 Å². The fourth-order valence-electron chi connectivity index (χ4n) is 3.20. The number of likely N-dealkylation sites (tertiary alicyclic amines) is 1. The Bertz CT molecular complexity index is 751. The molecule has 1 saturated heterocycles. The Balaban J connectivity index is 2.22. The summed E-state index contributed by atoms with van der Waals surface area (Å²) in [5.41, 5.74) is 0.442. The topological polar surface area (TPSA) is 97.0 Å². The Morgan fingerprint density at radius 3 is 2.54 bits per heavy atom. The van der Waals surface area contributed by atoms with Crippen molar-refractivity contribution < 1.29 is 22.7 Å². The van der Waals surface area contributed by atoms with Gasteiger partial charge in [-0.2, -0.15) is 0 Å². The van der Waals surface area contributed by atoms with Gasteiger partial charge in [-0.3, -0.25) is 14.4 Å². The molecule has 8 nitrogen and oxygen atoms in total. The average molecular weight is 385 g/mol. The van der Waals surface area contributed by atoms with Crippen LogP contribution in [0.4, 0.5) is 5.69 Å². The van der Waals surface area contributed by atoms with Crippen LogP contribution in [0.5, 0.6) is 11.5 Å². The molecule has 1 fully saturated rings. The smallest absolute Gasteiger partial charge is 0.255 e. The van der Waals surface area contributed by atoms with Crippen LogP contribution in [0.25, 0.3) is 0 Å². The molecule has 1 aromatic rings. The van der Waals surface area contributed by atoms with E-state index in [-0.39, 0.29) is 22.9 Å². The molecule has 0 bridgehead atoms. The third-order valence-corrected chi connectivity index (χ3v) is 5.06. The van der Waals surface area contributed by atoms with Gasteiger partial charge in [0.2, 0.25) is 10.0 Å². The summed E-state index contributed by atoms with van der Waals surface area (Å²) in [4.78, 5) is 15.0. The Kier molecular flexibility index (Phi) is 6.71. The minimum absolute atomic E-state index is 0.192. The van der Waals surface area contributed by atoms with Crippen LogP contribution in [-0.2, 0) is 10.0 Å². The Hall–Kier alpha value is -2.00. The molecule has 0 spiro atoms. The quantitative estimate of drug-likeness (QED) is 0.700. The van der Waals surface area contributed by atoms with Crippen molar-refractivity contribution in [3.63, 3.8) is 0 Å². The maximum absolute atomic E-state index is 12.7. The van der Waals surface area contributed by atoms with Gasteiger partial charge >= 0.3 is 0 Å². The molecule has 9 heteroatoms. The SMILES string of the molecule is CCN1CCCC1CNC(=O)c1cc(NS(C)(=O)=O)c(OC)cc1OC. The number of hydrogen-bond acceptors (Lipinski definition) is 6. The fraction of sp³-hybridized carbons (Fsp3) is 0.588. The number of amides is 1. The minimum Gasteiger partial charge on any atom is -0.496 e. The van der Waals surface area contributed by atoms with Crippen molar-refractivity contribution in [2.24, 2.45) is 0 Å². The summed E-state index contributed by atoms with van der Waals surface area (Å²) in [7, 11) is -0.650. The first-order chi connectivity index (χ1) is 12.3. The van der Waals surface area contributed by atoms with E-state index in [0.717, 1.165) is 32.2 Å². The molecular formula is C17H27N3O5S. The first kappa shape index (κ1) is 20.3. The maximum atomic E-state index is 12.7.